The molecule has 0 atom stereocenters. The molecule has 0 spiro atoms. The van der Waals surface area contributed by atoms with E-state index in [2.05, 4.69) is 10.3 Å². The van der Waals surface area contributed by atoms with E-state index in [1.165, 1.54) is 16.9 Å². The molecule has 0 bridgehead atoms. The van der Waals surface area contributed by atoms with Gasteiger partial charge in [-0.1, -0.05) is 17.7 Å². The molecule has 0 aliphatic rings. The van der Waals surface area contributed by atoms with Crippen molar-refractivity contribution in [3.63, 3.8) is 0 Å². The number of thioether (sulfide) groups is 1. The Labute approximate surface area is 160 Å². The largest absolute Gasteiger partial charge is 0.486 e. The highest BCUT2D eigenvalue weighted by atomic mass is 32.2. The van der Waals surface area contributed by atoms with E-state index in [0.29, 0.717) is 18.8 Å². The Hall–Kier alpha value is -2.25. The highest BCUT2D eigenvalue weighted by Gasteiger charge is 2.10. The summed E-state index contributed by atoms with van der Waals surface area (Å²) in [6, 6.07) is 11.7. The van der Waals surface area contributed by atoms with Gasteiger partial charge in [-0.25, -0.2) is 4.98 Å². The van der Waals surface area contributed by atoms with Crippen LogP contribution < -0.4 is 10.1 Å². The van der Waals surface area contributed by atoms with E-state index in [1.54, 1.807) is 23.4 Å². The number of benzene rings is 1. The van der Waals surface area contributed by atoms with E-state index in [0.717, 1.165) is 28.0 Å². The Balaban J connectivity index is 1.37. The van der Waals surface area contributed by atoms with Crippen LogP contribution in [0.25, 0.3) is 0 Å². The molecule has 0 aliphatic carbocycles. The van der Waals surface area contributed by atoms with Crippen LogP contribution in [-0.4, -0.2) is 23.2 Å². The van der Waals surface area contributed by atoms with Crippen molar-refractivity contribution in [2.45, 2.75) is 19.3 Å². The Bertz CT molecular complexity index is 814. The number of hydrogen-bond donors (Lipinski definition) is 1. The third-order valence-corrected chi connectivity index (χ3v) is 5.33. The van der Waals surface area contributed by atoms with Crippen LogP contribution in [0.4, 0.5) is 0 Å². The third-order valence-electron chi connectivity index (χ3n) is 3.52. The van der Waals surface area contributed by atoms with Crippen LogP contribution in [0.15, 0.2) is 52.5 Å². The van der Waals surface area contributed by atoms with E-state index < -0.39 is 0 Å². The van der Waals surface area contributed by atoms with Gasteiger partial charge in [0, 0.05) is 17.7 Å². The van der Waals surface area contributed by atoms with Gasteiger partial charge in [0.15, 0.2) is 0 Å². The normalized spacial score (nSPS) is 10.7. The maximum atomic E-state index is 12.1. The number of amides is 1. The van der Waals surface area contributed by atoms with Crippen LogP contribution in [0.2, 0.25) is 0 Å². The maximum absolute atomic E-state index is 12.1. The van der Waals surface area contributed by atoms with E-state index in [9.17, 15) is 4.79 Å². The molecule has 136 valence electrons. The fraction of sp³-hybridized carbons (Fsp3) is 0.263. The number of thiazole rings is 1. The van der Waals surface area contributed by atoms with Crippen LogP contribution in [-0.2, 0) is 12.4 Å². The summed E-state index contributed by atoms with van der Waals surface area (Å²) in [6.07, 6.45) is 1.67. The summed E-state index contributed by atoms with van der Waals surface area (Å²) in [5.41, 5.74) is 1.63. The van der Waals surface area contributed by atoms with Gasteiger partial charge in [0.2, 0.25) is 0 Å². The lowest BCUT2D eigenvalue weighted by atomic mass is 10.2. The van der Waals surface area contributed by atoms with Crippen molar-refractivity contribution < 1.29 is 13.9 Å². The maximum Gasteiger partial charge on any atom is 0.270 e. The summed E-state index contributed by atoms with van der Waals surface area (Å²) in [7, 11) is 0. The van der Waals surface area contributed by atoms with Crippen molar-refractivity contribution >= 4 is 29.0 Å². The van der Waals surface area contributed by atoms with Gasteiger partial charge in [-0.2, -0.15) is 11.8 Å². The van der Waals surface area contributed by atoms with E-state index >= 15 is 0 Å². The number of rotatable bonds is 9. The van der Waals surface area contributed by atoms with Crippen molar-refractivity contribution in [1.29, 1.82) is 0 Å². The summed E-state index contributed by atoms with van der Waals surface area (Å²) in [6.45, 7) is 2.99. The van der Waals surface area contributed by atoms with Crippen molar-refractivity contribution in [2.24, 2.45) is 0 Å². The molecule has 0 radical (unpaired) electrons. The Morgan fingerprint density at radius 2 is 2.15 bits per heavy atom. The van der Waals surface area contributed by atoms with Crippen molar-refractivity contribution in [3.05, 3.63) is 70.1 Å². The summed E-state index contributed by atoms with van der Waals surface area (Å²) >= 11 is 3.14. The van der Waals surface area contributed by atoms with Gasteiger partial charge in [0.1, 0.15) is 28.8 Å². The summed E-state index contributed by atoms with van der Waals surface area (Å²) in [5, 5.41) is 5.43. The standard InChI is InChI=1S/C19H20N2O3S2/c1-14-4-6-15(7-5-14)24-11-18-21-17(13-26-18)19(22)20-8-10-25-12-16-3-2-9-23-16/h2-7,9,13H,8,10-12H2,1H3,(H,20,22). The monoisotopic (exact) mass is 388 g/mol. The molecule has 0 saturated heterocycles. The number of aryl methyl sites for hydroxylation is 1. The molecule has 0 saturated carbocycles. The van der Waals surface area contributed by atoms with Gasteiger partial charge in [-0.05, 0) is 31.2 Å². The topological polar surface area (TPSA) is 64.4 Å². The minimum Gasteiger partial charge on any atom is -0.486 e. The quantitative estimate of drug-likeness (QED) is 0.554. The first-order valence-corrected chi connectivity index (χ1v) is 10.3. The van der Waals surface area contributed by atoms with Crippen LogP contribution >= 0.6 is 23.1 Å². The molecule has 3 rings (SSSR count). The molecule has 0 aliphatic heterocycles. The lowest BCUT2D eigenvalue weighted by molar-refractivity contribution is 0.0951. The lowest BCUT2D eigenvalue weighted by Crippen LogP contribution is -2.26. The second kappa shape index (κ2) is 9.45. The average Bonchev–Trinajstić information content (AvgIpc) is 3.33. The molecule has 26 heavy (non-hydrogen) atoms. The number of furan rings is 1. The van der Waals surface area contributed by atoms with Gasteiger partial charge >= 0.3 is 0 Å². The molecule has 5 nitrogen and oxygen atoms in total. The van der Waals surface area contributed by atoms with Gasteiger partial charge in [-0.3, -0.25) is 4.79 Å². The number of nitrogens with one attached hydrogen (secondary N) is 1. The third kappa shape index (κ3) is 5.64. The summed E-state index contributed by atoms with van der Waals surface area (Å²) < 4.78 is 11.0. The molecule has 7 heteroatoms. The highest BCUT2D eigenvalue weighted by Crippen LogP contribution is 2.16. The first kappa shape index (κ1) is 18.5. The molecule has 1 amide bonds. The SMILES string of the molecule is Cc1ccc(OCc2nc(C(=O)NCCSCc3ccco3)cs2)cc1. The molecular formula is C19H20N2O3S2. The molecule has 0 unspecified atom stereocenters. The Kier molecular flexibility index (Phi) is 6.74. The van der Waals surface area contributed by atoms with E-state index in [-0.39, 0.29) is 5.91 Å². The van der Waals surface area contributed by atoms with Gasteiger partial charge < -0.3 is 14.5 Å². The number of carbonyl (C=O) groups excluding carboxylic acids is 1. The highest BCUT2D eigenvalue weighted by molar-refractivity contribution is 7.98. The predicted octanol–water partition coefficient (Wildman–Crippen LogP) is 4.29. The first-order chi connectivity index (χ1) is 12.7. The summed E-state index contributed by atoms with van der Waals surface area (Å²) in [5.74, 6) is 3.21. The first-order valence-electron chi connectivity index (χ1n) is 8.23. The Morgan fingerprint density at radius 1 is 1.31 bits per heavy atom. The van der Waals surface area contributed by atoms with Crippen LogP contribution in [0.3, 0.4) is 0 Å². The van der Waals surface area contributed by atoms with Crippen LogP contribution in [0, 0.1) is 6.92 Å². The number of hydrogen-bond acceptors (Lipinski definition) is 6. The predicted molar refractivity (Wildman–Crippen MR) is 105 cm³/mol. The van der Waals surface area contributed by atoms with Crippen LogP contribution in [0.5, 0.6) is 5.75 Å². The number of aromatic nitrogens is 1. The van der Waals surface area contributed by atoms with Gasteiger partial charge in [0.25, 0.3) is 5.91 Å². The minimum absolute atomic E-state index is 0.151. The second-order valence-corrected chi connectivity index (χ2v) is 7.66. The molecule has 3 aromatic rings. The number of carbonyl (C=O) groups is 1. The van der Waals surface area contributed by atoms with Crippen molar-refractivity contribution in [2.75, 3.05) is 12.3 Å². The van der Waals surface area contributed by atoms with E-state index in [1.807, 2.05) is 43.3 Å². The number of nitrogens with zero attached hydrogens (tertiary/aromatic N) is 1. The molecule has 1 aromatic carbocycles. The van der Waals surface area contributed by atoms with Crippen molar-refractivity contribution in [1.82, 2.24) is 10.3 Å². The zero-order chi connectivity index (χ0) is 18.2. The molecule has 1 N–H and O–H groups in total. The lowest BCUT2D eigenvalue weighted by Gasteiger charge is -2.04. The van der Waals surface area contributed by atoms with E-state index in [4.69, 9.17) is 9.15 Å². The number of ether oxygens (including phenoxy) is 1. The molecule has 2 aromatic heterocycles. The molecule has 0 fully saturated rings. The van der Waals surface area contributed by atoms with Crippen LogP contribution in [0.1, 0.15) is 26.8 Å². The molecule has 2 heterocycles. The zero-order valence-corrected chi connectivity index (χ0v) is 16.1. The summed E-state index contributed by atoms with van der Waals surface area (Å²) in [4.78, 5) is 16.5. The van der Waals surface area contributed by atoms with Gasteiger partial charge in [-0.15, -0.1) is 11.3 Å². The van der Waals surface area contributed by atoms with Crippen molar-refractivity contribution in [3.8, 4) is 5.75 Å². The van der Waals surface area contributed by atoms with Gasteiger partial charge in [0.05, 0.1) is 12.0 Å². The smallest absolute Gasteiger partial charge is 0.270 e. The molecular weight excluding hydrogens is 368 g/mol. The minimum atomic E-state index is -0.151. The fourth-order valence-electron chi connectivity index (χ4n) is 2.16. The Morgan fingerprint density at radius 3 is 2.92 bits per heavy atom. The fourth-order valence-corrected chi connectivity index (χ4v) is 3.60. The second-order valence-electron chi connectivity index (χ2n) is 5.62. The average molecular weight is 389 g/mol. The zero-order valence-electron chi connectivity index (χ0n) is 14.4.